The molecule has 1 rings (SSSR count). The third-order valence-electron chi connectivity index (χ3n) is 2.38. The highest BCUT2D eigenvalue weighted by Gasteiger charge is 2.10. The zero-order chi connectivity index (χ0) is 11.6. The van der Waals surface area contributed by atoms with Crippen LogP contribution in [-0.4, -0.2) is 0 Å². The fourth-order valence-corrected chi connectivity index (χ4v) is 2.47. The maximum atomic E-state index is 2.48. The Kier molecular flexibility index (Phi) is 6.15. The molecule has 1 aromatic rings. The second-order valence-electron chi connectivity index (χ2n) is 3.78. The van der Waals surface area contributed by atoms with Crippen LogP contribution in [0.4, 0.5) is 0 Å². The third kappa shape index (κ3) is 4.29. The van der Waals surface area contributed by atoms with Crippen LogP contribution in [0.2, 0.25) is 0 Å². The number of hydrogen-bond donors (Lipinski definition) is 0. The lowest BCUT2D eigenvalue weighted by Crippen LogP contribution is -1.94. The van der Waals surface area contributed by atoms with Crippen molar-refractivity contribution in [2.24, 2.45) is 0 Å². The third-order valence-corrected chi connectivity index (χ3v) is 4.54. The van der Waals surface area contributed by atoms with Crippen molar-refractivity contribution < 1.29 is 0 Å². The SMILES string of the molecule is CC(I)c1cc(C(C)I)cc(C(C)I)c1. The number of benzene rings is 1. The van der Waals surface area contributed by atoms with E-state index < -0.39 is 0 Å². The lowest BCUT2D eigenvalue weighted by Gasteiger charge is -2.14. The van der Waals surface area contributed by atoms with E-state index in [1.165, 1.54) is 16.7 Å². The van der Waals surface area contributed by atoms with Gasteiger partial charge in [-0.1, -0.05) is 86.0 Å². The molecule has 3 unspecified atom stereocenters. The van der Waals surface area contributed by atoms with Gasteiger partial charge < -0.3 is 0 Å². The van der Waals surface area contributed by atoms with E-state index >= 15 is 0 Å². The first-order valence-corrected chi connectivity index (χ1v) is 8.72. The van der Waals surface area contributed by atoms with Gasteiger partial charge in [0.2, 0.25) is 0 Å². The van der Waals surface area contributed by atoms with Crippen molar-refractivity contribution in [2.75, 3.05) is 0 Å². The summed E-state index contributed by atoms with van der Waals surface area (Å²) in [5.41, 5.74) is 4.36. The Labute approximate surface area is 133 Å². The minimum atomic E-state index is 0.589. The number of alkyl halides is 3. The number of halogens is 3. The molecule has 0 saturated carbocycles. The predicted octanol–water partition coefficient (Wildman–Crippen LogP) is 6.17. The van der Waals surface area contributed by atoms with Gasteiger partial charge in [-0.25, -0.2) is 0 Å². The summed E-state index contributed by atoms with van der Waals surface area (Å²) in [5, 5.41) is 0. The van der Waals surface area contributed by atoms with Gasteiger partial charge >= 0.3 is 0 Å². The lowest BCUT2D eigenvalue weighted by molar-refractivity contribution is 1.05. The van der Waals surface area contributed by atoms with Crippen molar-refractivity contribution in [1.29, 1.82) is 0 Å². The fraction of sp³-hybridized carbons (Fsp3) is 0.500. The summed E-state index contributed by atoms with van der Waals surface area (Å²) in [6, 6.07) is 7.03. The number of hydrogen-bond acceptors (Lipinski definition) is 0. The summed E-state index contributed by atoms with van der Waals surface area (Å²) in [5.74, 6) is 0. The van der Waals surface area contributed by atoms with E-state index in [0.717, 1.165) is 0 Å². The Morgan fingerprint density at radius 2 is 0.867 bits per heavy atom. The van der Waals surface area contributed by atoms with Crippen LogP contribution < -0.4 is 0 Å². The standard InChI is InChI=1S/C12H15I3/c1-7(13)10-4-11(8(2)14)6-12(5-10)9(3)15/h4-9H,1-3H3. The van der Waals surface area contributed by atoms with E-state index in [-0.39, 0.29) is 0 Å². The lowest BCUT2D eigenvalue weighted by atomic mass is 10.0. The van der Waals surface area contributed by atoms with E-state index in [2.05, 4.69) is 107 Å². The van der Waals surface area contributed by atoms with Crippen molar-refractivity contribution >= 4 is 67.8 Å². The van der Waals surface area contributed by atoms with Gasteiger partial charge in [0.05, 0.1) is 0 Å². The van der Waals surface area contributed by atoms with E-state index in [1.807, 2.05) is 0 Å². The molecule has 0 nitrogen and oxygen atoms in total. The molecule has 0 spiro atoms. The van der Waals surface area contributed by atoms with E-state index in [0.29, 0.717) is 11.8 Å². The van der Waals surface area contributed by atoms with Gasteiger partial charge in [0, 0.05) is 11.8 Å². The van der Waals surface area contributed by atoms with Crippen LogP contribution in [-0.2, 0) is 0 Å². The summed E-state index contributed by atoms with van der Waals surface area (Å²) in [6.45, 7) is 6.75. The van der Waals surface area contributed by atoms with E-state index in [4.69, 9.17) is 0 Å². The minimum Gasteiger partial charge on any atom is -0.0777 e. The van der Waals surface area contributed by atoms with Gasteiger partial charge in [-0.3, -0.25) is 0 Å². The molecule has 0 heterocycles. The van der Waals surface area contributed by atoms with Crippen LogP contribution in [0.1, 0.15) is 49.2 Å². The molecular formula is C12H15I3. The molecule has 15 heavy (non-hydrogen) atoms. The van der Waals surface area contributed by atoms with Gasteiger partial charge in [-0.05, 0) is 37.5 Å². The first-order valence-electron chi connectivity index (χ1n) is 4.98. The van der Waals surface area contributed by atoms with Gasteiger partial charge in [0.25, 0.3) is 0 Å². The smallest absolute Gasteiger partial charge is 0.0331 e. The van der Waals surface area contributed by atoms with Crippen LogP contribution >= 0.6 is 67.8 Å². The van der Waals surface area contributed by atoms with Crippen LogP contribution in [0.3, 0.4) is 0 Å². The Morgan fingerprint density at radius 3 is 1.00 bits per heavy atom. The summed E-state index contributed by atoms with van der Waals surface area (Å²) < 4.78 is 1.77. The van der Waals surface area contributed by atoms with Gasteiger partial charge in [0.1, 0.15) is 0 Å². The molecule has 0 aliphatic rings. The molecule has 0 radical (unpaired) electrons. The molecule has 0 aliphatic heterocycles. The van der Waals surface area contributed by atoms with Crippen LogP contribution in [0.15, 0.2) is 18.2 Å². The molecule has 0 bridgehead atoms. The monoisotopic (exact) mass is 540 g/mol. The highest BCUT2D eigenvalue weighted by molar-refractivity contribution is 14.1. The van der Waals surface area contributed by atoms with E-state index in [9.17, 15) is 0 Å². The Hall–Kier alpha value is 1.41. The second-order valence-corrected chi connectivity index (χ2v) is 9.39. The van der Waals surface area contributed by atoms with Crippen LogP contribution in [0.5, 0.6) is 0 Å². The normalized spacial score (nSPS) is 17.2. The maximum absolute atomic E-state index is 2.48. The summed E-state index contributed by atoms with van der Waals surface area (Å²) >= 11 is 7.45. The van der Waals surface area contributed by atoms with Crippen molar-refractivity contribution in [2.45, 2.75) is 32.5 Å². The van der Waals surface area contributed by atoms with Crippen molar-refractivity contribution in [3.05, 3.63) is 34.9 Å². The van der Waals surface area contributed by atoms with Crippen LogP contribution in [0.25, 0.3) is 0 Å². The molecule has 1 aromatic carbocycles. The Morgan fingerprint density at radius 1 is 0.667 bits per heavy atom. The molecule has 3 heteroatoms. The first-order chi connectivity index (χ1) is 6.91. The zero-order valence-electron chi connectivity index (χ0n) is 9.10. The quantitative estimate of drug-likeness (QED) is 0.318. The molecule has 0 amide bonds. The van der Waals surface area contributed by atoms with Crippen molar-refractivity contribution in [3.63, 3.8) is 0 Å². The molecule has 0 saturated heterocycles. The molecule has 0 aliphatic carbocycles. The average molecular weight is 540 g/mol. The maximum Gasteiger partial charge on any atom is 0.0331 e. The molecule has 0 fully saturated rings. The fourth-order valence-electron chi connectivity index (χ4n) is 1.39. The summed E-state index contributed by atoms with van der Waals surface area (Å²) in [4.78, 5) is 0. The molecular weight excluding hydrogens is 525 g/mol. The molecule has 0 N–H and O–H groups in total. The topological polar surface area (TPSA) is 0 Å². The Balaban J connectivity index is 3.20. The van der Waals surface area contributed by atoms with E-state index in [1.54, 1.807) is 0 Å². The van der Waals surface area contributed by atoms with Crippen molar-refractivity contribution in [3.8, 4) is 0 Å². The highest BCUT2D eigenvalue weighted by Crippen LogP contribution is 2.33. The second kappa shape index (κ2) is 6.37. The van der Waals surface area contributed by atoms with Gasteiger partial charge in [0.15, 0.2) is 0 Å². The van der Waals surface area contributed by atoms with Crippen LogP contribution in [0, 0.1) is 0 Å². The van der Waals surface area contributed by atoms with Crippen molar-refractivity contribution in [1.82, 2.24) is 0 Å². The summed E-state index contributed by atoms with van der Waals surface area (Å²) in [7, 11) is 0. The Bertz CT molecular complexity index is 265. The molecule has 3 atom stereocenters. The molecule has 0 aromatic heterocycles. The van der Waals surface area contributed by atoms with Gasteiger partial charge in [-0.15, -0.1) is 0 Å². The largest absolute Gasteiger partial charge is 0.0777 e. The zero-order valence-corrected chi connectivity index (χ0v) is 15.6. The first kappa shape index (κ1) is 14.5. The molecule has 84 valence electrons. The average Bonchev–Trinajstić information content (AvgIpc) is 2.16. The highest BCUT2D eigenvalue weighted by atomic mass is 127. The number of rotatable bonds is 3. The van der Waals surface area contributed by atoms with Gasteiger partial charge in [-0.2, -0.15) is 0 Å². The minimum absolute atomic E-state index is 0.589. The predicted molar refractivity (Wildman–Crippen MR) is 93.7 cm³/mol. The summed E-state index contributed by atoms with van der Waals surface area (Å²) in [6.07, 6.45) is 0.